The third-order valence-electron chi connectivity index (χ3n) is 1.84. The molecular weight excluding hydrogens is 144 g/mol. The Morgan fingerprint density at radius 2 is 1.58 bits per heavy atom. The summed E-state index contributed by atoms with van der Waals surface area (Å²) in [6.45, 7) is 16.0. The van der Waals surface area contributed by atoms with E-state index in [1.54, 1.807) is 0 Å². The summed E-state index contributed by atoms with van der Waals surface area (Å²) in [5, 5.41) is 0. The Morgan fingerprint density at radius 3 is 1.92 bits per heavy atom. The fourth-order valence-corrected chi connectivity index (χ4v) is 0.863. The van der Waals surface area contributed by atoms with Gasteiger partial charge in [0.1, 0.15) is 0 Å². The first-order chi connectivity index (χ1) is 5.49. The van der Waals surface area contributed by atoms with Gasteiger partial charge < -0.3 is 0 Å². The van der Waals surface area contributed by atoms with Gasteiger partial charge in [-0.2, -0.15) is 0 Å². The summed E-state index contributed by atoms with van der Waals surface area (Å²) >= 11 is 0. The van der Waals surface area contributed by atoms with Gasteiger partial charge in [-0.15, -0.1) is 0 Å². The van der Waals surface area contributed by atoms with Crippen LogP contribution in [0, 0.1) is 0 Å². The van der Waals surface area contributed by atoms with Gasteiger partial charge in [0.2, 0.25) is 0 Å². The van der Waals surface area contributed by atoms with E-state index >= 15 is 0 Å². The SMILES string of the molecule is C=C/C(C)=C(\C)C(=C)C=C(C)C. The molecule has 12 heavy (non-hydrogen) atoms. The molecule has 0 aromatic carbocycles. The first-order valence-corrected chi connectivity index (χ1v) is 4.13. The maximum absolute atomic E-state index is 3.98. The lowest BCUT2D eigenvalue weighted by atomic mass is 10.0. The maximum atomic E-state index is 3.98. The molecule has 0 saturated heterocycles. The maximum Gasteiger partial charge on any atom is -0.0297 e. The number of allylic oxidation sites excluding steroid dienone is 6. The molecule has 0 heterocycles. The highest BCUT2D eigenvalue weighted by atomic mass is 14.0. The van der Waals surface area contributed by atoms with Crippen LogP contribution in [-0.4, -0.2) is 0 Å². The Bertz CT molecular complexity index is 245. The van der Waals surface area contributed by atoms with E-state index in [1.165, 1.54) is 16.7 Å². The summed E-state index contributed by atoms with van der Waals surface area (Å²) in [6, 6.07) is 0. The van der Waals surface area contributed by atoms with Crippen molar-refractivity contribution in [1.29, 1.82) is 0 Å². The fraction of sp³-hybridized carbons (Fsp3) is 0.333. The summed E-state index contributed by atoms with van der Waals surface area (Å²) in [6.07, 6.45) is 3.95. The van der Waals surface area contributed by atoms with E-state index in [4.69, 9.17) is 0 Å². The molecule has 0 amide bonds. The Labute approximate surface area is 76.0 Å². The second-order valence-electron chi connectivity index (χ2n) is 3.26. The molecule has 0 aromatic rings. The average Bonchev–Trinajstić information content (AvgIpc) is 2.00. The zero-order chi connectivity index (χ0) is 9.72. The molecule has 0 bridgehead atoms. The largest absolute Gasteiger partial charge is 0.0988 e. The van der Waals surface area contributed by atoms with E-state index in [9.17, 15) is 0 Å². The Hall–Kier alpha value is -1.04. The summed E-state index contributed by atoms with van der Waals surface area (Å²) in [4.78, 5) is 0. The second-order valence-corrected chi connectivity index (χ2v) is 3.26. The first kappa shape index (κ1) is 11.0. The van der Waals surface area contributed by atoms with Crippen LogP contribution < -0.4 is 0 Å². The third kappa shape index (κ3) is 3.38. The minimum Gasteiger partial charge on any atom is -0.0988 e. The molecular formula is C12H18. The topological polar surface area (TPSA) is 0 Å². The highest BCUT2D eigenvalue weighted by Crippen LogP contribution is 2.15. The molecule has 0 rings (SSSR count). The zero-order valence-electron chi connectivity index (χ0n) is 8.57. The Balaban J connectivity index is 4.73. The van der Waals surface area contributed by atoms with Gasteiger partial charge in [0, 0.05) is 0 Å². The molecule has 0 aliphatic heterocycles. The average molecular weight is 162 g/mol. The van der Waals surface area contributed by atoms with E-state index in [0.29, 0.717) is 0 Å². The highest BCUT2D eigenvalue weighted by Gasteiger charge is 1.95. The van der Waals surface area contributed by atoms with Gasteiger partial charge in [0.25, 0.3) is 0 Å². The van der Waals surface area contributed by atoms with Gasteiger partial charge in [-0.25, -0.2) is 0 Å². The molecule has 0 heteroatoms. The molecule has 0 unspecified atom stereocenters. The lowest BCUT2D eigenvalue weighted by molar-refractivity contribution is 1.30. The summed E-state index contributed by atoms with van der Waals surface area (Å²) in [5.41, 5.74) is 4.76. The van der Waals surface area contributed by atoms with E-state index in [1.807, 2.05) is 13.0 Å². The van der Waals surface area contributed by atoms with Crippen LogP contribution in [-0.2, 0) is 0 Å². The zero-order valence-corrected chi connectivity index (χ0v) is 8.57. The summed E-state index contributed by atoms with van der Waals surface area (Å²) in [7, 11) is 0. The standard InChI is InChI=1S/C12H18/c1-7-10(4)12(6)11(5)8-9(2)3/h7-8H,1,5H2,2-4,6H3/b12-10+. The van der Waals surface area contributed by atoms with Gasteiger partial charge in [0.05, 0.1) is 0 Å². The molecule has 0 aliphatic rings. The molecule has 0 aromatic heterocycles. The normalized spacial score (nSPS) is 11.7. The summed E-state index contributed by atoms with van der Waals surface area (Å²) in [5.74, 6) is 0. The van der Waals surface area contributed by atoms with E-state index < -0.39 is 0 Å². The van der Waals surface area contributed by atoms with Crippen molar-refractivity contribution in [3.63, 3.8) is 0 Å². The van der Waals surface area contributed by atoms with E-state index in [-0.39, 0.29) is 0 Å². The Kier molecular flexibility index (Phi) is 4.35. The molecule has 0 fully saturated rings. The van der Waals surface area contributed by atoms with Crippen molar-refractivity contribution in [3.8, 4) is 0 Å². The number of rotatable bonds is 3. The van der Waals surface area contributed by atoms with Crippen molar-refractivity contribution in [2.75, 3.05) is 0 Å². The molecule has 0 atom stereocenters. The predicted molar refractivity (Wildman–Crippen MR) is 57.1 cm³/mol. The highest BCUT2D eigenvalue weighted by molar-refractivity contribution is 5.42. The van der Waals surface area contributed by atoms with Crippen molar-refractivity contribution in [3.05, 3.63) is 47.6 Å². The van der Waals surface area contributed by atoms with Crippen LogP contribution in [0.1, 0.15) is 27.7 Å². The molecule has 0 nitrogen and oxygen atoms in total. The molecule has 0 N–H and O–H groups in total. The van der Waals surface area contributed by atoms with Gasteiger partial charge in [-0.1, -0.05) is 30.9 Å². The lowest BCUT2D eigenvalue weighted by Gasteiger charge is -2.04. The van der Waals surface area contributed by atoms with Crippen LogP contribution in [0.2, 0.25) is 0 Å². The number of hydrogen-bond acceptors (Lipinski definition) is 0. The first-order valence-electron chi connectivity index (χ1n) is 4.13. The van der Waals surface area contributed by atoms with Crippen molar-refractivity contribution in [1.82, 2.24) is 0 Å². The Morgan fingerprint density at radius 1 is 1.08 bits per heavy atom. The smallest absolute Gasteiger partial charge is 0.0297 e. The van der Waals surface area contributed by atoms with Gasteiger partial charge in [0.15, 0.2) is 0 Å². The minimum atomic E-state index is 1.08. The lowest BCUT2D eigenvalue weighted by Crippen LogP contribution is -1.84. The molecule has 0 spiro atoms. The van der Waals surface area contributed by atoms with Crippen LogP contribution in [0.5, 0.6) is 0 Å². The van der Waals surface area contributed by atoms with Gasteiger partial charge in [-0.3, -0.25) is 0 Å². The van der Waals surface area contributed by atoms with Crippen LogP contribution in [0.15, 0.2) is 47.6 Å². The monoisotopic (exact) mass is 162 g/mol. The number of hydrogen-bond donors (Lipinski definition) is 0. The van der Waals surface area contributed by atoms with Crippen molar-refractivity contribution in [2.45, 2.75) is 27.7 Å². The van der Waals surface area contributed by atoms with Crippen molar-refractivity contribution < 1.29 is 0 Å². The van der Waals surface area contributed by atoms with Crippen molar-refractivity contribution in [2.24, 2.45) is 0 Å². The molecule has 66 valence electrons. The van der Waals surface area contributed by atoms with Gasteiger partial charge in [-0.05, 0) is 44.4 Å². The minimum absolute atomic E-state index is 1.08. The molecule has 0 aliphatic carbocycles. The van der Waals surface area contributed by atoms with Crippen LogP contribution in [0.3, 0.4) is 0 Å². The van der Waals surface area contributed by atoms with Crippen molar-refractivity contribution >= 4 is 0 Å². The van der Waals surface area contributed by atoms with Crippen LogP contribution in [0.25, 0.3) is 0 Å². The van der Waals surface area contributed by atoms with E-state index in [2.05, 4.69) is 40.0 Å². The third-order valence-corrected chi connectivity index (χ3v) is 1.84. The quantitative estimate of drug-likeness (QED) is 0.549. The van der Waals surface area contributed by atoms with E-state index in [0.717, 1.165) is 5.57 Å². The molecule has 0 saturated carbocycles. The second kappa shape index (κ2) is 4.76. The van der Waals surface area contributed by atoms with Crippen LogP contribution in [0.4, 0.5) is 0 Å². The fourth-order valence-electron chi connectivity index (χ4n) is 0.863. The van der Waals surface area contributed by atoms with Gasteiger partial charge >= 0.3 is 0 Å². The summed E-state index contributed by atoms with van der Waals surface area (Å²) < 4.78 is 0. The predicted octanol–water partition coefficient (Wildman–Crippen LogP) is 4.03. The van der Waals surface area contributed by atoms with Crippen LogP contribution >= 0.6 is 0 Å². The molecule has 0 radical (unpaired) electrons.